The van der Waals surface area contributed by atoms with Gasteiger partial charge in [0, 0.05) is 13.6 Å². The number of benzene rings is 1. The lowest BCUT2D eigenvalue weighted by Gasteiger charge is -2.29. The van der Waals surface area contributed by atoms with E-state index in [4.69, 9.17) is 5.73 Å². The molecule has 5 nitrogen and oxygen atoms in total. The normalized spacial score (nSPS) is 11.1. The summed E-state index contributed by atoms with van der Waals surface area (Å²) in [5.74, 6) is -0.384. The fourth-order valence-electron chi connectivity index (χ4n) is 2.68. The van der Waals surface area contributed by atoms with E-state index in [0.717, 1.165) is 11.4 Å². The predicted molar refractivity (Wildman–Crippen MR) is 99.9 cm³/mol. The summed E-state index contributed by atoms with van der Waals surface area (Å²) in [6.45, 7) is 7.09. The molecule has 0 atom stereocenters. The number of halogens is 2. The van der Waals surface area contributed by atoms with Crippen LogP contribution in [0.3, 0.4) is 0 Å². The molecule has 25 heavy (non-hydrogen) atoms. The first-order valence-electron chi connectivity index (χ1n) is 8.07. The second-order valence-electron chi connectivity index (χ2n) is 6.78. The van der Waals surface area contributed by atoms with Crippen LogP contribution in [0, 0.1) is 11.2 Å². The van der Waals surface area contributed by atoms with E-state index in [1.807, 2.05) is 20.8 Å². The quantitative estimate of drug-likeness (QED) is 0.852. The monoisotopic (exact) mass is 368 g/mol. The van der Waals surface area contributed by atoms with Gasteiger partial charge in [0.2, 0.25) is 0 Å². The maximum absolute atomic E-state index is 13.1. The van der Waals surface area contributed by atoms with Crippen LogP contribution in [-0.4, -0.2) is 40.7 Å². The van der Waals surface area contributed by atoms with Crippen LogP contribution >= 0.6 is 12.4 Å². The van der Waals surface area contributed by atoms with Gasteiger partial charge in [0.1, 0.15) is 5.82 Å². The van der Waals surface area contributed by atoms with Crippen molar-refractivity contribution in [1.82, 2.24) is 14.7 Å². The Kier molecular flexibility index (Phi) is 7.14. The highest BCUT2D eigenvalue weighted by atomic mass is 35.5. The molecule has 0 bridgehead atoms. The third-order valence-electron chi connectivity index (χ3n) is 4.07. The van der Waals surface area contributed by atoms with E-state index in [0.29, 0.717) is 25.1 Å². The predicted octanol–water partition coefficient (Wildman–Crippen LogP) is 3.05. The Labute approximate surface area is 154 Å². The van der Waals surface area contributed by atoms with Gasteiger partial charge in [0.15, 0.2) is 0 Å². The second kappa shape index (κ2) is 8.45. The average molecular weight is 369 g/mol. The van der Waals surface area contributed by atoms with Gasteiger partial charge in [0.05, 0.1) is 23.1 Å². The topological polar surface area (TPSA) is 64.2 Å². The minimum Gasteiger partial charge on any atom is -0.341 e. The number of carbonyl (C=O) groups is 1. The van der Waals surface area contributed by atoms with Gasteiger partial charge in [-0.15, -0.1) is 12.4 Å². The molecular formula is C18H26ClFN4O. The lowest BCUT2D eigenvalue weighted by atomic mass is 9.93. The standard InChI is InChI=1S/C18H25FN4O.ClH/c1-5-16-15(17(24)22(4)12-18(2,3)11-20)10-21-23(16)14-8-6-13(19)7-9-14;/h6-10H,5,11-12,20H2,1-4H3;1H. The molecule has 138 valence electrons. The summed E-state index contributed by atoms with van der Waals surface area (Å²) >= 11 is 0. The summed E-state index contributed by atoms with van der Waals surface area (Å²) in [7, 11) is 1.77. The molecule has 0 unspecified atom stereocenters. The number of aromatic nitrogens is 2. The van der Waals surface area contributed by atoms with Crippen LogP contribution in [0.5, 0.6) is 0 Å². The molecule has 1 heterocycles. The zero-order valence-electron chi connectivity index (χ0n) is 15.1. The molecule has 0 aliphatic carbocycles. The molecule has 0 radical (unpaired) electrons. The second-order valence-corrected chi connectivity index (χ2v) is 6.78. The third kappa shape index (κ3) is 4.80. The Morgan fingerprint density at radius 1 is 1.32 bits per heavy atom. The molecule has 2 N–H and O–H groups in total. The Morgan fingerprint density at radius 2 is 1.92 bits per heavy atom. The number of nitrogens with two attached hydrogens (primary N) is 1. The molecule has 2 aromatic rings. The van der Waals surface area contributed by atoms with E-state index in [1.165, 1.54) is 12.1 Å². The van der Waals surface area contributed by atoms with Crippen LogP contribution in [0.25, 0.3) is 5.69 Å². The van der Waals surface area contributed by atoms with Gasteiger partial charge in [-0.3, -0.25) is 4.79 Å². The Balaban J connectivity index is 0.00000312. The van der Waals surface area contributed by atoms with Crippen LogP contribution in [-0.2, 0) is 6.42 Å². The molecule has 1 aromatic heterocycles. The molecule has 0 saturated carbocycles. The molecule has 0 saturated heterocycles. The van der Waals surface area contributed by atoms with Gasteiger partial charge < -0.3 is 10.6 Å². The van der Waals surface area contributed by atoms with Crippen LogP contribution in [0.15, 0.2) is 30.5 Å². The SMILES string of the molecule is CCc1c(C(=O)N(C)CC(C)(C)CN)cnn1-c1ccc(F)cc1.Cl. The summed E-state index contributed by atoms with van der Waals surface area (Å²) in [6.07, 6.45) is 2.23. The summed E-state index contributed by atoms with van der Waals surface area (Å²) in [5.41, 5.74) is 7.72. The number of nitrogens with zero attached hydrogens (tertiary/aromatic N) is 3. The van der Waals surface area contributed by atoms with Crippen LogP contribution in [0.1, 0.15) is 36.8 Å². The van der Waals surface area contributed by atoms with Crippen LogP contribution in [0.4, 0.5) is 4.39 Å². The van der Waals surface area contributed by atoms with E-state index in [1.54, 1.807) is 35.0 Å². The van der Waals surface area contributed by atoms with Gasteiger partial charge in [0.25, 0.3) is 5.91 Å². The smallest absolute Gasteiger partial charge is 0.257 e. The maximum atomic E-state index is 13.1. The molecule has 7 heteroatoms. The van der Waals surface area contributed by atoms with Crippen molar-refractivity contribution in [3.05, 3.63) is 47.5 Å². The number of carbonyl (C=O) groups excluding carboxylic acids is 1. The highest BCUT2D eigenvalue weighted by molar-refractivity contribution is 5.95. The Morgan fingerprint density at radius 3 is 2.44 bits per heavy atom. The molecule has 1 aromatic carbocycles. The van der Waals surface area contributed by atoms with Crippen molar-refractivity contribution in [1.29, 1.82) is 0 Å². The van der Waals surface area contributed by atoms with Crippen molar-refractivity contribution in [3.63, 3.8) is 0 Å². The van der Waals surface area contributed by atoms with Crippen molar-refractivity contribution in [3.8, 4) is 5.69 Å². The van der Waals surface area contributed by atoms with E-state index in [-0.39, 0.29) is 29.5 Å². The molecule has 1 amide bonds. The lowest BCUT2D eigenvalue weighted by Crippen LogP contribution is -2.40. The van der Waals surface area contributed by atoms with Gasteiger partial charge >= 0.3 is 0 Å². The van der Waals surface area contributed by atoms with E-state index in [9.17, 15) is 9.18 Å². The zero-order valence-corrected chi connectivity index (χ0v) is 15.9. The first-order chi connectivity index (χ1) is 11.3. The number of rotatable bonds is 6. The summed E-state index contributed by atoms with van der Waals surface area (Å²) in [5, 5.41) is 4.33. The molecular weight excluding hydrogens is 343 g/mol. The third-order valence-corrected chi connectivity index (χ3v) is 4.07. The average Bonchev–Trinajstić information content (AvgIpc) is 2.98. The molecule has 0 spiro atoms. The lowest BCUT2D eigenvalue weighted by molar-refractivity contribution is 0.0739. The highest BCUT2D eigenvalue weighted by Crippen LogP contribution is 2.20. The summed E-state index contributed by atoms with van der Waals surface area (Å²) in [6, 6.07) is 6.07. The molecule has 0 aliphatic heterocycles. The van der Waals surface area contributed by atoms with Gasteiger partial charge in [-0.05, 0) is 42.6 Å². The van der Waals surface area contributed by atoms with Crippen molar-refractivity contribution in [2.75, 3.05) is 20.1 Å². The summed E-state index contributed by atoms with van der Waals surface area (Å²) < 4.78 is 14.8. The van der Waals surface area contributed by atoms with E-state index >= 15 is 0 Å². The van der Waals surface area contributed by atoms with Crippen molar-refractivity contribution < 1.29 is 9.18 Å². The molecule has 0 fully saturated rings. The zero-order chi connectivity index (χ0) is 17.9. The minimum atomic E-state index is -0.302. The Hall–Kier alpha value is -1.92. The molecule has 0 aliphatic rings. The van der Waals surface area contributed by atoms with Crippen molar-refractivity contribution in [2.45, 2.75) is 27.2 Å². The minimum absolute atomic E-state index is 0. The number of amides is 1. The summed E-state index contributed by atoms with van der Waals surface area (Å²) in [4.78, 5) is 14.5. The fourth-order valence-corrected chi connectivity index (χ4v) is 2.68. The number of hydrogen-bond donors (Lipinski definition) is 1. The van der Waals surface area contributed by atoms with Crippen LogP contribution < -0.4 is 5.73 Å². The highest BCUT2D eigenvalue weighted by Gasteiger charge is 2.25. The van der Waals surface area contributed by atoms with Gasteiger partial charge in [-0.1, -0.05) is 20.8 Å². The van der Waals surface area contributed by atoms with Crippen LogP contribution in [0.2, 0.25) is 0 Å². The van der Waals surface area contributed by atoms with Crippen molar-refractivity contribution >= 4 is 18.3 Å². The van der Waals surface area contributed by atoms with E-state index in [2.05, 4.69) is 5.10 Å². The maximum Gasteiger partial charge on any atom is 0.257 e. The van der Waals surface area contributed by atoms with Gasteiger partial charge in [-0.2, -0.15) is 5.10 Å². The first-order valence-corrected chi connectivity index (χ1v) is 8.07. The fraction of sp³-hybridized carbons (Fsp3) is 0.444. The van der Waals surface area contributed by atoms with E-state index < -0.39 is 0 Å². The van der Waals surface area contributed by atoms with Gasteiger partial charge in [-0.25, -0.2) is 9.07 Å². The number of hydrogen-bond acceptors (Lipinski definition) is 3. The van der Waals surface area contributed by atoms with Crippen molar-refractivity contribution in [2.24, 2.45) is 11.1 Å². The largest absolute Gasteiger partial charge is 0.341 e. The first kappa shape index (κ1) is 21.1. The molecule has 2 rings (SSSR count). The Bertz CT molecular complexity index is 712.